The Morgan fingerprint density at radius 3 is 2.75 bits per heavy atom. The number of nitrogens with one attached hydrogen (secondary N) is 1. The summed E-state index contributed by atoms with van der Waals surface area (Å²) in [4.78, 5) is 2.43. The molecule has 4 heteroatoms. The van der Waals surface area contributed by atoms with Crippen molar-refractivity contribution >= 4 is 11.6 Å². The topological polar surface area (TPSA) is 15.3 Å². The van der Waals surface area contributed by atoms with Crippen molar-refractivity contribution in [2.75, 3.05) is 13.1 Å². The van der Waals surface area contributed by atoms with E-state index < -0.39 is 0 Å². The van der Waals surface area contributed by atoms with Crippen molar-refractivity contribution in [3.63, 3.8) is 0 Å². The van der Waals surface area contributed by atoms with Crippen molar-refractivity contribution in [1.82, 2.24) is 10.2 Å². The van der Waals surface area contributed by atoms with Gasteiger partial charge in [0, 0.05) is 31.2 Å². The van der Waals surface area contributed by atoms with Crippen LogP contribution in [0.15, 0.2) is 18.2 Å². The molecule has 1 aliphatic rings. The Morgan fingerprint density at radius 1 is 1.45 bits per heavy atom. The highest BCUT2D eigenvalue weighted by molar-refractivity contribution is 6.30. The lowest BCUT2D eigenvalue weighted by molar-refractivity contribution is 0.0474. The van der Waals surface area contributed by atoms with Crippen LogP contribution in [0.3, 0.4) is 0 Å². The average molecular weight is 299 g/mol. The van der Waals surface area contributed by atoms with Gasteiger partial charge in [-0.1, -0.05) is 31.5 Å². The summed E-state index contributed by atoms with van der Waals surface area (Å²) in [5, 5.41) is 3.80. The molecule has 1 fully saturated rings. The molecule has 112 valence electrons. The monoisotopic (exact) mass is 298 g/mol. The Balaban J connectivity index is 2.13. The van der Waals surface area contributed by atoms with Crippen LogP contribution in [-0.2, 0) is 6.54 Å². The van der Waals surface area contributed by atoms with Gasteiger partial charge >= 0.3 is 0 Å². The molecular formula is C16H24ClFN2. The van der Waals surface area contributed by atoms with Gasteiger partial charge in [-0.05, 0) is 37.5 Å². The highest BCUT2D eigenvalue weighted by atomic mass is 35.5. The van der Waals surface area contributed by atoms with Crippen molar-refractivity contribution in [3.8, 4) is 0 Å². The Morgan fingerprint density at radius 2 is 2.15 bits per heavy atom. The highest BCUT2D eigenvalue weighted by Crippen LogP contribution is 2.25. The van der Waals surface area contributed by atoms with Crippen LogP contribution in [0.2, 0.25) is 5.02 Å². The molecule has 1 saturated heterocycles. The molecule has 0 amide bonds. The molecule has 0 spiro atoms. The first-order valence-corrected chi connectivity index (χ1v) is 7.60. The standard InChI is InChI=1S/C16H24ClFN2/c1-11(2)15-9-20(16(3,4)10-19-15)8-12-5-6-13(17)14(18)7-12/h5-7,11,15,19H,8-10H2,1-4H3. The van der Waals surface area contributed by atoms with E-state index in [9.17, 15) is 4.39 Å². The van der Waals surface area contributed by atoms with Crippen LogP contribution in [0.5, 0.6) is 0 Å². The lowest BCUT2D eigenvalue weighted by atomic mass is 9.92. The highest BCUT2D eigenvalue weighted by Gasteiger charge is 2.34. The zero-order valence-corrected chi connectivity index (χ0v) is 13.5. The van der Waals surface area contributed by atoms with Gasteiger partial charge in [0.2, 0.25) is 0 Å². The predicted octanol–water partition coefficient (Wildman–Crippen LogP) is 3.69. The third kappa shape index (κ3) is 3.51. The molecule has 0 saturated carbocycles. The van der Waals surface area contributed by atoms with Crippen LogP contribution in [0.4, 0.5) is 4.39 Å². The molecule has 0 aromatic heterocycles. The third-order valence-electron chi connectivity index (χ3n) is 4.23. The van der Waals surface area contributed by atoms with E-state index >= 15 is 0 Å². The normalized spacial score (nSPS) is 23.2. The van der Waals surface area contributed by atoms with Crippen LogP contribution in [0, 0.1) is 11.7 Å². The Hall–Kier alpha value is -0.640. The number of hydrogen-bond acceptors (Lipinski definition) is 2. The van der Waals surface area contributed by atoms with Crippen LogP contribution < -0.4 is 5.32 Å². The third-order valence-corrected chi connectivity index (χ3v) is 4.54. The quantitative estimate of drug-likeness (QED) is 0.915. The molecule has 0 aliphatic carbocycles. The smallest absolute Gasteiger partial charge is 0.142 e. The van der Waals surface area contributed by atoms with Gasteiger partial charge in [0.15, 0.2) is 0 Å². The van der Waals surface area contributed by atoms with Crippen LogP contribution in [0.25, 0.3) is 0 Å². The minimum absolute atomic E-state index is 0.0709. The van der Waals surface area contributed by atoms with Gasteiger partial charge in [0.05, 0.1) is 5.02 Å². The summed E-state index contributed by atoms with van der Waals surface area (Å²) in [5.74, 6) is 0.257. The zero-order chi connectivity index (χ0) is 14.9. The first-order valence-electron chi connectivity index (χ1n) is 7.22. The summed E-state index contributed by atoms with van der Waals surface area (Å²) >= 11 is 5.75. The van der Waals surface area contributed by atoms with E-state index in [2.05, 4.69) is 37.9 Å². The van der Waals surface area contributed by atoms with Crippen molar-refractivity contribution in [1.29, 1.82) is 0 Å². The second-order valence-corrected chi connectivity index (χ2v) is 7.08. The van der Waals surface area contributed by atoms with Gasteiger partial charge in [-0.15, -0.1) is 0 Å². The Bertz CT molecular complexity index is 474. The lowest BCUT2D eigenvalue weighted by Gasteiger charge is -2.47. The van der Waals surface area contributed by atoms with E-state index in [0.717, 1.165) is 25.2 Å². The molecule has 1 aliphatic heterocycles. The molecular weight excluding hydrogens is 275 g/mol. The number of nitrogens with zero attached hydrogens (tertiary/aromatic N) is 1. The molecule has 20 heavy (non-hydrogen) atoms. The summed E-state index contributed by atoms with van der Waals surface area (Å²) in [7, 11) is 0. The lowest BCUT2D eigenvalue weighted by Crippen LogP contribution is -2.62. The van der Waals surface area contributed by atoms with Crippen LogP contribution in [0.1, 0.15) is 33.3 Å². The fourth-order valence-electron chi connectivity index (χ4n) is 2.63. The molecule has 1 unspecified atom stereocenters. The van der Waals surface area contributed by atoms with E-state index in [4.69, 9.17) is 11.6 Å². The first-order chi connectivity index (χ1) is 9.29. The van der Waals surface area contributed by atoms with E-state index in [1.807, 2.05) is 6.07 Å². The first kappa shape index (κ1) is 15.7. The second-order valence-electron chi connectivity index (χ2n) is 6.67. The van der Waals surface area contributed by atoms with E-state index in [1.165, 1.54) is 0 Å². The van der Waals surface area contributed by atoms with Gasteiger partial charge in [0.1, 0.15) is 5.82 Å². The largest absolute Gasteiger partial charge is 0.311 e. The Labute approximate surface area is 126 Å². The fourth-order valence-corrected chi connectivity index (χ4v) is 2.74. The zero-order valence-electron chi connectivity index (χ0n) is 12.7. The van der Waals surface area contributed by atoms with Crippen molar-refractivity contribution in [2.24, 2.45) is 5.92 Å². The maximum Gasteiger partial charge on any atom is 0.142 e. The van der Waals surface area contributed by atoms with Gasteiger partial charge in [-0.3, -0.25) is 4.90 Å². The van der Waals surface area contributed by atoms with E-state index in [-0.39, 0.29) is 16.4 Å². The Kier molecular flexibility index (Phi) is 4.73. The van der Waals surface area contributed by atoms with Gasteiger partial charge < -0.3 is 5.32 Å². The number of hydrogen-bond donors (Lipinski definition) is 1. The molecule has 1 aromatic rings. The van der Waals surface area contributed by atoms with Crippen LogP contribution >= 0.6 is 11.6 Å². The fraction of sp³-hybridized carbons (Fsp3) is 0.625. The summed E-state index contributed by atoms with van der Waals surface area (Å²) in [6.45, 7) is 11.6. The predicted molar refractivity (Wildman–Crippen MR) is 82.5 cm³/mol. The van der Waals surface area contributed by atoms with Crippen molar-refractivity contribution in [3.05, 3.63) is 34.6 Å². The van der Waals surface area contributed by atoms with Gasteiger partial charge in [-0.25, -0.2) is 4.39 Å². The number of rotatable bonds is 3. The number of halogens is 2. The number of benzene rings is 1. The minimum Gasteiger partial charge on any atom is -0.311 e. The summed E-state index contributed by atoms with van der Waals surface area (Å²) in [6, 6.07) is 5.58. The molecule has 2 rings (SSSR count). The second kappa shape index (κ2) is 6.00. The summed E-state index contributed by atoms with van der Waals surface area (Å²) < 4.78 is 13.6. The molecule has 0 radical (unpaired) electrons. The van der Waals surface area contributed by atoms with Crippen LogP contribution in [-0.4, -0.2) is 29.6 Å². The molecule has 1 aromatic carbocycles. The maximum atomic E-state index is 13.6. The summed E-state index contributed by atoms with van der Waals surface area (Å²) in [6.07, 6.45) is 0. The van der Waals surface area contributed by atoms with Gasteiger partial charge in [-0.2, -0.15) is 0 Å². The number of piperazine rings is 1. The molecule has 2 nitrogen and oxygen atoms in total. The average Bonchev–Trinajstić information content (AvgIpc) is 2.36. The minimum atomic E-state index is -0.336. The van der Waals surface area contributed by atoms with E-state index in [1.54, 1.807) is 12.1 Å². The van der Waals surface area contributed by atoms with Crippen molar-refractivity contribution < 1.29 is 4.39 Å². The van der Waals surface area contributed by atoms with E-state index in [0.29, 0.717) is 12.0 Å². The SMILES string of the molecule is CC(C)C1CN(Cc2ccc(Cl)c(F)c2)C(C)(C)CN1. The molecule has 0 bridgehead atoms. The molecule has 1 N–H and O–H groups in total. The van der Waals surface area contributed by atoms with Gasteiger partial charge in [0.25, 0.3) is 0 Å². The van der Waals surface area contributed by atoms with Crippen molar-refractivity contribution in [2.45, 2.75) is 45.8 Å². The maximum absolute atomic E-state index is 13.6. The molecule has 1 heterocycles. The molecule has 1 atom stereocenters. The summed E-state index contributed by atoms with van der Waals surface area (Å²) in [5.41, 5.74) is 1.05.